The van der Waals surface area contributed by atoms with Crippen LogP contribution in [-0.2, 0) is 0 Å². The van der Waals surface area contributed by atoms with Crippen molar-refractivity contribution in [2.45, 2.75) is 6.04 Å². The Balaban J connectivity index is 1.70. The third-order valence-electron chi connectivity index (χ3n) is 5.01. The number of rotatable bonds is 5. The van der Waals surface area contributed by atoms with E-state index in [4.69, 9.17) is 0 Å². The van der Waals surface area contributed by atoms with Gasteiger partial charge in [0.1, 0.15) is 5.52 Å². The number of aromatic amines is 1. The first-order valence-electron chi connectivity index (χ1n) is 9.49. The third kappa shape index (κ3) is 2.99. The Morgan fingerprint density at radius 1 is 1.03 bits per heavy atom. The average Bonchev–Trinajstić information content (AvgIpc) is 3.29. The highest BCUT2D eigenvalue weighted by Crippen LogP contribution is 2.24. The van der Waals surface area contributed by atoms with Crippen molar-refractivity contribution in [1.82, 2.24) is 24.7 Å². The summed E-state index contributed by atoms with van der Waals surface area (Å²) in [5, 5.41) is 21.1. The van der Waals surface area contributed by atoms with E-state index in [9.17, 15) is 9.90 Å². The second kappa shape index (κ2) is 7.41. The van der Waals surface area contributed by atoms with E-state index in [1.54, 1.807) is 17.0 Å². The third-order valence-corrected chi connectivity index (χ3v) is 5.01. The van der Waals surface area contributed by atoms with Crippen LogP contribution in [0.2, 0.25) is 0 Å². The summed E-state index contributed by atoms with van der Waals surface area (Å²) >= 11 is 0. The lowest BCUT2D eigenvalue weighted by atomic mass is 10.1. The molecule has 3 N–H and O–H groups in total. The van der Waals surface area contributed by atoms with Crippen molar-refractivity contribution in [1.29, 1.82) is 0 Å². The number of H-pyrrole nitrogens is 1. The number of aliphatic hydroxyl groups is 1. The molecule has 3 aromatic heterocycles. The molecule has 0 unspecified atom stereocenters. The summed E-state index contributed by atoms with van der Waals surface area (Å²) in [6.07, 6.45) is 3.23. The zero-order valence-corrected chi connectivity index (χ0v) is 15.9. The van der Waals surface area contributed by atoms with Crippen molar-refractivity contribution in [3.8, 4) is 5.69 Å². The Hall–Kier alpha value is -4.04. The fourth-order valence-electron chi connectivity index (χ4n) is 3.55. The van der Waals surface area contributed by atoms with E-state index < -0.39 is 0 Å². The molecule has 0 aliphatic rings. The summed E-state index contributed by atoms with van der Waals surface area (Å²) in [5.74, 6) is 0.310. The second-order valence-electron chi connectivity index (χ2n) is 6.84. The molecule has 0 aliphatic carbocycles. The first-order chi connectivity index (χ1) is 14.8. The maximum Gasteiger partial charge on any atom is 0.267 e. The SMILES string of the molecule is O=c1c2c[nH]nc2c2cnc(N[C@@H](CO)c3ccccc3)nc2n1-c1ccccc1. The van der Waals surface area contributed by atoms with Gasteiger partial charge in [0.15, 0.2) is 5.65 Å². The summed E-state index contributed by atoms with van der Waals surface area (Å²) in [4.78, 5) is 22.2. The van der Waals surface area contributed by atoms with Crippen molar-refractivity contribution in [3.05, 3.63) is 89.0 Å². The minimum Gasteiger partial charge on any atom is -0.394 e. The molecular formula is C22H18N6O2. The number of hydrogen-bond donors (Lipinski definition) is 3. The number of aromatic nitrogens is 5. The summed E-state index contributed by atoms with van der Waals surface area (Å²) in [5.41, 5.74) is 2.35. The topological polar surface area (TPSA) is 109 Å². The number of hydrogen-bond acceptors (Lipinski definition) is 6. The molecule has 0 fully saturated rings. The number of aliphatic hydroxyl groups excluding tert-OH is 1. The quantitative estimate of drug-likeness (QED) is 0.420. The first-order valence-corrected chi connectivity index (χ1v) is 9.49. The molecule has 5 aromatic rings. The lowest BCUT2D eigenvalue weighted by Gasteiger charge is -2.17. The molecule has 2 aromatic carbocycles. The van der Waals surface area contributed by atoms with Crippen molar-refractivity contribution >= 4 is 27.9 Å². The van der Waals surface area contributed by atoms with Crippen LogP contribution in [0.5, 0.6) is 0 Å². The van der Waals surface area contributed by atoms with Gasteiger partial charge in [-0.3, -0.25) is 14.5 Å². The smallest absolute Gasteiger partial charge is 0.267 e. The largest absolute Gasteiger partial charge is 0.394 e. The summed E-state index contributed by atoms with van der Waals surface area (Å²) in [6.45, 7) is -0.130. The molecular weight excluding hydrogens is 380 g/mol. The van der Waals surface area contributed by atoms with Gasteiger partial charge >= 0.3 is 0 Å². The van der Waals surface area contributed by atoms with Gasteiger partial charge in [-0.2, -0.15) is 10.1 Å². The van der Waals surface area contributed by atoms with E-state index in [1.807, 2.05) is 60.7 Å². The maximum absolute atomic E-state index is 13.2. The molecule has 0 saturated heterocycles. The summed E-state index contributed by atoms with van der Waals surface area (Å²) in [6, 6.07) is 18.5. The van der Waals surface area contributed by atoms with Gasteiger partial charge in [0, 0.05) is 12.4 Å². The van der Waals surface area contributed by atoms with Crippen LogP contribution < -0.4 is 10.9 Å². The molecule has 8 heteroatoms. The Morgan fingerprint density at radius 3 is 2.50 bits per heavy atom. The fourth-order valence-corrected chi connectivity index (χ4v) is 3.55. The zero-order chi connectivity index (χ0) is 20.5. The number of pyridine rings is 1. The Morgan fingerprint density at radius 2 is 1.77 bits per heavy atom. The van der Waals surface area contributed by atoms with Crippen LogP contribution in [0.4, 0.5) is 5.95 Å². The van der Waals surface area contributed by atoms with Gasteiger partial charge < -0.3 is 10.4 Å². The zero-order valence-electron chi connectivity index (χ0n) is 15.9. The van der Waals surface area contributed by atoms with E-state index in [2.05, 4.69) is 25.5 Å². The van der Waals surface area contributed by atoms with Gasteiger partial charge in [-0.15, -0.1) is 0 Å². The monoisotopic (exact) mass is 398 g/mol. The molecule has 3 heterocycles. The van der Waals surface area contributed by atoms with Crippen LogP contribution in [0.15, 0.2) is 77.9 Å². The maximum atomic E-state index is 13.2. The first kappa shape index (κ1) is 18.0. The number of nitrogens with one attached hydrogen (secondary N) is 2. The van der Waals surface area contributed by atoms with Crippen molar-refractivity contribution in [3.63, 3.8) is 0 Å². The van der Waals surface area contributed by atoms with Crippen LogP contribution in [0.25, 0.3) is 27.6 Å². The van der Waals surface area contributed by atoms with E-state index in [-0.39, 0.29) is 18.2 Å². The molecule has 0 spiro atoms. The molecule has 0 bridgehead atoms. The average molecular weight is 398 g/mol. The lowest BCUT2D eigenvalue weighted by molar-refractivity contribution is 0.276. The Labute approximate surface area is 170 Å². The lowest BCUT2D eigenvalue weighted by Crippen LogP contribution is -2.21. The van der Waals surface area contributed by atoms with Crippen molar-refractivity contribution in [2.75, 3.05) is 11.9 Å². The Bertz CT molecular complexity index is 1380. The van der Waals surface area contributed by atoms with E-state index in [0.29, 0.717) is 33.6 Å². The molecule has 1 atom stereocenters. The van der Waals surface area contributed by atoms with Crippen LogP contribution in [0.1, 0.15) is 11.6 Å². The van der Waals surface area contributed by atoms with E-state index >= 15 is 0 Å². The fraction of sp³-hybridized carbons (Fsp3) is 0.0909. The van der Waals surface area contributed by atoms with E-state index in [1.165, 1.54) is 0 Å². The number of para-hydroxylation sites is 1. The molecule has 0 saturated carbocycles. The highest BCUT2D eigenvalue weighted by Gasteiger charge is 2.18. The second-order valence-corrected chi connectivity index (χ2v) is 6.84. The molecule has 148 valence electrons. The van der Waals surface area contributed by atoms with Crippen LogP contribution in [-0.4, -0.2) is 36.4 Å². The Kier molecular flexibility index (Phi) is 4.45. The van der Waals surface area contributed by atoms with Crippen molar-refractivity contribution in [2.24, 2.45) is 0 Å². The molecule has 0 radical (unpaired) electrons. The van der Waals surface area contributed by atoms with Gasteiger partial charge in [0.2, 0.25) is 5.95 Å². The predicted octanol–water partition coefficient (Wildman–Crippen LogP) is 2.80. The van der Waals surface area contributed by atoms with Crippen LogP contribution in [0.3, 0.4) is 0 Å². The standard InChI is InChI=1S/C22H18N6O2/c29-13-18(14-7-3-1-4-8-14)25-22-23-11-16-19-17(12-24-27-19)21(30)28(20(16)26-22)15-9-5-2-6-10-15/h1-12,18,29H,13H2,(H,24,27)(H,23,25,26)/t18-/m0/s1. The minimum absolute atomic E-state index is 0.130. The number of fused-ring (bicyclic) bond motifs is 3. The summed E-state index contributed by atoms with van der Waals surface area (Å²) < 4.78 is 1.55. The molecule has 30 heavy (non-hydrogen) atoms. The highest BCUT2D eigenvalue weighted by molar-refractivity contribution is 6.02. The molecule has 0 amide bonds. The highest BCUT2D eigenvalue weighted by atomic mass is 16.3. The van der Waals surface area contributed by atoms with E-state index in [0.717, 1.165) is 5.56 Å². The number of anilines is 1. The van der Waals surface area contributed by atoms with Gasteiger partial charge in [0.25, 0.3) is 5.56 Å². The van der Waals surface area contributed by atoms with Gasteiger partial charge in [-0.05, 0) is 17.7 Å². The van der Waals surface area contributed by atoms with Gasteiger partial charge in [-0.1, -0.05) is 48.5 Å². The van der Waals surface area contributed by atoms with Crippen LogP contribution in [0, 0.1) is 0 Å². The molecule has 0 aliphatic heterocycles. The number of benzene rings is 2. The van der Waals surface area contributed by atoms with Crippen LogP contribution >= 0.6 is 0 Å². The molecule has 5 rings (SSSR count). The predicted molar refractivity (Wildman–Crippen MR) is 115 cm³/mol. The minimum atomic E-state index is -0.380. The summed E-state index contributed by atoms with van der Waals surface area (Å²) in [7, 11) is 0. The molecule has 8 nitrogen and oxygen atoms in total. The number of nitrogens with zero attached hydrogens (tertiary/aromatic N) is 4. The van der Waals surface area contributed by atoms with Gasteiger partial charge in [0.05, 0.1) is 29.1 Å². The van der Waals surface area contributed by atoms with Crippen molar-refractivity contribution < 1.29 is 5.11 Å². The van der Waals surface area contributed by atoms with Gasteiger partial charge in [-0.25, -0.2) is 4.98 Å². The normalized spacial score (nSPS) is 12.3.